The third kappa shape index (κ3) is 4.07. The van der Waals surface area contributed by atoms with E-state index in [-0.39, 0.29) is 17.2 Å². The molecule has 0 radical (unpaired) electrons. The smallest absolute Gasteiger partial charge is 0.339 e. The second kappa shape index (κ2) is 7.79. The van der Waals surface area contributed by atoms with Crippen LogP contribution in [0.1, 0.15) is 21.6 Å². The topological polar surface area (TPSA) is 97.0 Å². The monoisotopic (exact) mass is 370 g/mol. The number of rotatable bonds is 5. The van der Waals surface area contributed by atoms with Crippen molar-refractivity contribution in [1.29, 1.82) is 0 Å². The van der Waals surface area contributed by atoms with Crippen molar-refractivity contribution in [2.45, 2.75) is 6.42 Å². The van der Waals surface area contributed by atoms with Gasteiger partial charge in [0.15, 0.2) is 0 Å². The van der Waals surface area contributed by atoms with Gasteiger partial charge in [-0.2, -0.15) is 0 Å². The van der Waals surface area contributed by atoms with E-state index in [4.69, 9.17) is 16.3 Å². The van der Waals surface area contributed by atoms with Crippen molar-refractivity contribution in [2.75, 3.05) is 12.4 Å². The van der Waals surface area contributed by atoms with Crippen LogP contribution in [0.5, 0.6) is 0 Å². The lowest BCUT2D eigenvalue weighted by Crippen LogP contribution is -2.19. The predicted octanol–water partition coefficient (Wildman–Crippen LogP) is 2.94. The summed E-state index contributed by atoms with van der Waals surface area (Å²) in [4.78, 5) is 26.7. The van der Waals surface area contributed by atoms with Crippen LogP contribution in [-0.2, 0) is 11.2 Å². The number of carbonyl (C=O) groups is 1. The Morgan fingerprint density at radius 1 is 1.15 bits per heavy atom. The maximum atomic E-state index is 12.3. The molecule has 0 saturated heterocycles. The van der Waals surface area contributed by atoms with Gasteiger partial charge in [0.2, 0.25) is 5.95 Å². The van der Waals surface area contributed by atoms with Crippen LogP contribution in [0.2, 0.25) is 5.02 Å². The SMILES string of the molecule is COC(=O)c1ccccc1Nc1nnc(Cc2ccc(Cl)cc2)c(=O)[nH]1. The minimum Gasteiger partial charge on any atom is -0.465 e. The normalized spacial score (nSPS) is 10.4. The third-order valence-electron chi connectivity index (χ3n) is 3.64. The van der Waals surface area contributed by atoms with Crippen molar-refractivity contribution in [3.05, 3.63) is 80.7 Å². The van der Waals surface area contributed by atoms with Crippen molar-refractivity contribution in [3.63, 3.8) is 0 Å². The molecule has 2 N–H and O–H groups in total. The van der Waals surface area contributed by atoms with E-state index in [0.717, 1.165) is 5.56 Å². The van der Waals surface area contributed by atoms with E-state index >= 15 is 0 Å². The van der Waals surface area contributed by atoms with E-state index in [0.29, 0.717) is 22.7 Å². The minimum atomic E-state index is -0.497. The van der Waals surface area contributed by atoms with Gasteiger partial charge in [-0.3, -0.25) is 9.78 Å². The van der Waals surface area contributed by atoms with E-state index < -0.39 is 5.97 Å². The highest BCUT2D eigenvalue weighted by Gasteiger charge is 2.13. The van der Waals surface area contributed by atoms with Crippen LogP contribution < -0.4 is 10.9 Å². The summed E-state index contributed by atoms with van der Waals surface area (Å²) >= 11 is 5.85. The lowest BCUT2D eigenvalue weighted by molar-refractivity contribution is 0.0602. The first-order valence-electron chi connectivity index (χ1n) is 7.71. The molecule has 0 atom stereocenters. The standard InChI is InChI=1S/C18H15ClN4O3/c1-26-17(25)13-4-2-3-5-14(13)20-18-21-16(24)15(22-23-18)10-11-6-8-12(19)9-7-11/h2-9H,10H2,1H3,(H2,20,21,23,24). The molecule has 0 bridgehead atoms. The molecule has 1 heterocycles. The Morgan fingerprint density at radius 3 is 2.58 bits per heavy atom. The van der Waals surface area contributed by atoms with Crippen LogP contribution in [-0.4, -0.2) is 28.3 Å². The number of nitrogens with zero attached hydrogens (tertiary/aromatic N) is 2. The van der Waals surface area contributed by atoms with E-state index in [1.165, 1.54) is 7.11 Å². The zero-order chi connectivity index (χ0) is 18.5. The number of carbonyl (C=O) groups excluding carboxylic acids is 1. The quantitative estimate of drug-likeness (QED) is 0.670. The average Bonchev–Trinajstić information content (AvgIpc) is 2.65. The molecule has 0 unspecified atom stereocenters. The van der Waals surface area contributed by atoms with Gasteiger partial charge in [0.1, 0.15) is 5.69 Å². The first-order valence-corrected chi connectivity index (χ1v) is 8.09. The number of halogens is 1. The zero-order valence-electron chi connectivity index (χ0n) is 13.8. The summed E-state index contributed by atoms with van der Waals surface area (Å²) < 4.78 is 4.74. The number of aromatic nitrogens is 3. The van der Waals surface area contributed by atoms with Gasteiger partial charge in [0.25, 0.3) is 5.56 Å². The Bertz CT molecular complexity index is 986. The fraction of sp³-hybridized carbons (Fsp3) is 0.111. The summed E-state index contributed by atoms with van der Waals surface area (Å²) in [5, 5.41) is 11.5. The van der Waals surface area contributed by atoms with E-state index in [1.807, 2.05) is 12.1 Å². The van der Waals surface area contributed by atoms with E-state index in [1.54, 1.807) is 36.4 Å². The molecule has 0 amide bonds. The highest BCUT2D eigenvalue weighted by atomic mass is 35.5. The van der Waals surface area contributed by atoms with Gasteiger partial charge in [-0.1, -0.05) is 35.9 Å². The number of methoxy groups -OCH3 is 1. The fourth-order valence-electron chi connectivity index (χ4n) is 2.34. The number of para-hydroxylation sites is 1. The molecule has 8 heteroatoms. The first-order chi connectivity index (χ1) is 12.6. The highest BCUT2D eigenvalue weighted by molar-refractivity contribution is 6.30. The van der Waals surface area contributed by atoms with Crippen LogP contribution in [0.15, 0.2) is 53.3 Å². The van der Waals surface area contributed by atoms with Crippen LogP contribution in [0.4, 0.5) is 11.6 Å². The molecule has 132 valence electrons. The zero-order valence-corrected chi connectivity index (χ0v) is 14.6. The van der Waals surface area contributed by atoms with Gasteiger partial charge in [0, 0.05) is 11.4 Å². The molecule has 3 aromatic rings. The van der Waals surface area contributed by atoms with Gasteiger partial charge >= 0.3 is 5.97 Å². The number of ether oxygens (including phenoxy) is 1. The Hall–Kier alpha value is -3.19. The number of hydrogen-bond donors (Lipinski definition) is 2. The summed E-state index contributed by atoms with van der Waals surface area (Å²) in [5.74, 6) is -0.367. The fourth-order valence-corrected chi connectivity index (χ4v) is 2.46. The molecule has 7 nitrogen and oxygen atoms in total. The van der Waals surface area contributed by atoms with Crippen LogP contribution >= 0.6 is 11.6 Å². The Morgan fingerprint density at radius 2 is 1.88 bits per heavy atom. The molecule has 0 fully saturated rings. The largest absolute Gasteiger partial charge is 0.465 e. The summed E-state index contributed by atoms with van der Waals surface area (Å²) in [6.45, 7) is 0. The maximum absolute atomic E-state index is 12.3. The summed E-state index contributed by atoms with van der Waals surface area (Å²) in [7, 11) is 1.30. The summed E-state index contributed by atoms with van der Waals surface area (Å²) in [5.41, 5.74) is 1.58. The van der Waals surface area contributed by atoms with Gasteiger partial charge in [-0.15, -0.1) is 10.2 Å². The number of aromatic amines is 1. The lowest BCUT2D eigenvalue weighted by atomic mass is 10.1. The number of esters is 1. The van der Waals surface area contributed by atoms with E-state index in [9.17, 15) is 9.59 Å². The third-order valence-corrected chi connectivity index (χ3v) is 3.89. The Balaban J connectivity index is 1.81. The van der Waals surface area contributed by atoms with E-state index in [2.05, 4.69) is 20.5 Å². The van der Waals surface area contributed by atoms with Crippen molar-refractivity contribution < 1.29 is 9.53 Å². The Labute approximate surface area is 154 Å². The van der Waals surface area contributed by atoms with Crippen molar-refractivity contribution in [2.24, 2.45) is 0 Å². The van der Waals surface area contributed by atoms with Crippen molar-refractivity contribution in [3.8, 4) is 0 Å². The molecule has 0 aliphatic rings. The second-order valence-electron chi connectivity index (χ2n) is 5.41. The lowest BCUT2D eigenvalue weighted by Gasteiger charge is -2.09. The molecular formula is C18H15ClN4O3. The van der Waals surface area contributed by atoms with Crippen LogP contribution in [0.25, 0.3) is 0 Å². The summed E-state index contributed by atoms with van der Waals surface area (Å²) in [6.07, 6.45) is 0.332. The minimum absolute atomic E-state index is 0.131. The molecule has 0 aliphatic heterocycles. The van der Waals surface area contributed by atoms with Gasteiger partial charge < -0.3 is 10.1 Å². The van der Waals surface area contributed by atoms with Crippen molar-refractivity contribution in [1.82, 2.24) is 15.2 Å². The number of H-pyrrole nitrogens is 1. The number of benzene rings is 2. The van der Waals surface area contributed by atoms with Gasteiger partial charge in [-0.05, 0) is 29.8 Å². The molecule has 0 saturated carbocycles. The maximum Gasteiger partial charge on any atom is 0.339 e. The Kier molecular flexibility index (Phi) is 5.28. The molecule has 0 spiro atoms. The molecule has 0 aliphatic carbocycles. The predicted molar refractivity (Wildman–Crippen MR) is 98.0 cm³/mol. The number of hydrogen-bond acceptors (Lipinski definition) is 6. The average molecular weight is 371 g/mol. The molecular weight excluding hydrogens is 356 g/mol. The van der Waals surface area contributed by atoms with Crippen LogP contribution in [0.3, 0.4) is 0 Å². The van der Waals surface area contributed by atoms with Gasteiger partial charge in [-0.25, -0.2) is 4.79 Å². The molecule has 1 aromatic heterocycles. The number of anilines is 2. The first kappa shape index (κ1) is 17.6. The second-order valence-corrected chi connectivity index (χ2v) is 5.85. The van der Waals surface area contributed by atoms with Gasteiger partial charge in [0.05, 0.1) is 18.4 Å². The summed E-state index contributed by atoms with van der Waals surface area (Å²) in [6, 6.07) is 13.9. The highest BCUT2D eigenvalue weighted by Crippen LogP contribution is 2.18. The van der Waals surface area contributed by atoms with Crippen LogP contribution in [0, 0.1) is 0 Å². The molecule has 26 heavy (non-hydrogen) atoms. The van der Waals surface area contributed by atoms with Crippen molar-refractivity contribution >= 4 is 29.2 Å². The number of nitrogens with one attached hydrogen (secondary N) is 2. The molecule has 2 aromatic carbocycles. The molecule has 3 rings (SSSR count).